The summed E-state index contributed by atoms with van der Waals surface area (Å²) in [6.07, 6.45) is -0.695. The molecular weight excluding hydrogens is 383 g/mol. The van der Waals surface area contributed by atoms with Crippen molar-refractivity contribution in [3.63, 3.8) is 0 Å². The number of carbonyl (C=O) groups is 1. The van der Waals surface area contributed by atoms with Gasteiger partial charge in [-0.3, -0.25) is 0 Å². The van der Waals surface area contributed by atoms with Crippen molar-refractivity contribution in [1.82, 2.24) is 4.98 Å². The van der Waals surface area contributed by atoms with Crippen LogP contribution in [-0.4, -0.2) is 30.7 Å². The number of fused-ring (bicyclic) bond motifs is 1. The van der Waals surface area contributed by atoms with Gasteiger partial charge in [0.25, 0.3) is 0 Å². The van der Waals surface area contributed by atoms with Crippen molar-refractivity contribution in [2.45, 2.75) is 20.0 Å². The highest BCUT2D eigenvalue weighted by atomic mass is 35.5. The summed E-state index contributed by atoms with van der Waals surface area (Å²) in [7, 11) is 1.83. The summed E-state index contributed by atoms with van der Waals surface area (Å²) in [4.78, 5) is 17.9. The third-order valence-electron chi connectivity index (χ3n) is 4.23. The van der Waals surface area contributed by atoms with Gasteiger partial charge in [0, 0.05) is 18.1 Å². The molecular formula is C21H20ClFN2O3. The lowest BCUT2D eigenvalue weighted by atomic mass is 10.1. The molecule has 0 aliphatic heterocycles. The summed E-state index contributed by atoms with van der Waals surface area (Å²) in [5.74, 6) is 0.382. The summed E-state index contributed by atoms with van der Waals surface area (Å²) in [5.41, 5.74) is 0.829. The van der Waals surface area contributed by atoms with Gasteiger partial charge in [0.2, 0.25) is 0 Å². The summed E-state index contributed by atoms with van der Waals surface area (Å²) < 4.78 is 24.1. The molecule has 3 rings (SSSR count). The number of benzene rings is 2. The lowest BCUT2D eigenvalue weighted by Crippen LogP contribution is -2.26. The Bertz CT molecular complexity index is 995. The molecule has 0 aliphatic rings. The van der Waals surface area contributed by atoms with Gasteiger partial charge in [0.15, 0.2) is 6.10 Å². The van der Waals surface area contributed by atoms with Crippen molar-refractivity contribution in [3.8, 4) is 5.75 Å². The van der Waals surface area contributed by atoms with E-state index in [2.05, 4.69) is 4.98 Å². The number of halogens is 2. The van der Waals surface area contributed by atoms with E-state index in [1.165, 1.54) is 12.1 Å². The number of hydrogen-bond donors (Lipinski definition) is 0. The average Bonchev–Trinajstić information content (AvgIpc) is 2.67. The zero-order chi connectivity index (χ0) is 20.3. The van der Waals surface area contributed by atoms with Crippen molar-refractivity contribution in [3.05, 3.63) is 59.5 Å². The van der Waals surface area contributed by atoms with Gasteiger partial charge < -0.3 is 14.4 Å². The van der Waals surface area contributed by atoms with E-state index in [1.54, 1.807) is 38.1 Å². The number of carbonyl (C=O) groups excluding carboxylic acids is 1. The highest BCUT2D eigenvalue weighted by Crippen LogP contribution is 2.30. The Labute approximate surface area is 167 Å². The SMILES string of the molecule is CCOC(=O)C(C)Oc1ccc(N(C)c2cc3cc(F)ccc3c(Cl)n2)cc1. The fourth-order valence-corrected chi connectivity index (χ4v) is 3.00. The molecule has 1 atom stereocenters. The molecule has 7 heteroatoms. The molecule has 146 valence electrons. The third-order valence-corrected chi connectivity index (χ3v) is 4.52. The van der Waals surface area contributed by atoms with Crippen molar-refractivity contribution >= 4 is 39.8 Å². The van der Waals surface area contributed by atoms with Crippen LogP contribution in [0.1, 0.15) is 13.8 Å². The Balaban J connectivity index is 1.80. The first kappa shape index (κ1) is 19.9. The summed E-state index contributed by atoms with van der Waals surface area (Å²) in [6, 6.07) is 13.3. The maximum atomic E-state index is 13.6. The average molecular weight is 403 g/mol. The van der Waals surface area contributed by atoms with E-state index >= 15 is 0 Å². The van der Waals surface area contributed by atoms with E-state index in [4.69, 9.17) is 21.1 Å². The van der Waals surface area contributed by atoms with Gasteiger partial charge in [-0.1, -0.05) is 11.6 Å². The summed E-state index contributed by atoms with van der Waals surface area (Å²) >= 11 is 6.26. The molecule has 0 aliphatic carbocycles. The molecule has 0 radical (unpaired) electrons. The largest absolute Gasteiger partial charge is 0.479 e. The molecule has 0 N–H and O–H groups in total. The zero-order valence-corrected chi connectivity index (χ0v) is 16.5. The number of ether oxygens (including phenoxy) is 2. The molecule has 0 spiro atoms. The van der Waals surface area contributed by atoms with E-state index < -0.39 is 12.1 Å². The number of aromatic nitrogens is 1. The van der Waals surface area contributed by atoms with Crippen molar-refractivity contribution in [2.75, 3.05) is 18.6 Å². The minimum atomic E-state index is -0.695. The molecule has 2 aromatic carbocycles. The van der Waals surface area contributed by atoms with Crippen LogP contribution < -0.4 is 9.64 Å². The molecule has 1 unspecified atom stereocenters. The van der Waals surface area contributed by atoms with Crippen LogP contribution in [-0.2, 0) is 9.53 Å². The van der Waals surface area contributed by atoms with Gasteiger partial charge in [-0.05, 0) is 67.8 Å². The summed E-state index contributed by atoms with van der Waals surface area (Å²) in [5, 5.41) is 1.67. The van der Waals surface area contributed by atoms with Crippen molar-refractivity contribution in [1.29, 1.82) is 0 Å². The molecule has 1 heterocycles. The fourth-order valence-electron chi connectivity index (χ4n) is 2.74. The van der Waals surface area contributed by atoms with Crippen LogP contribution in [0.15, 0.2) is 48.5 Å². The van der Waals surface area contributed by atoms with Crippen LogP contribution in [0.2, 0.25) is 5.15 Å². The lowest BCUT2D eigenvalue weighted by molar-refractivity contribution is -0.150. The van der Waals surface area contributed by atoms with Gasteiger partial charge in [-0.2, -0.15) is 0 Å². The smallest absolute Gasteiger partial charge is 0.347 e. The van der Waals surface area contributed by atoms with E-state index in [0.717, 1.165) is 5.69 Å². The molecule has 0 bridgehead atoms. The second-order valence-electron chi connectivity index (χ2n) is 6.20. The Kier molecular flexibility index (Phi) is 5.99. The predicted octanol–water partition coefficient (Wildman–Crippen LogP) is 5.13. The second-order valence-corrected chi connectivity index (χ2v) is 6.56. The molecule has 0 fully saturated rings. The first-order chi connectivity index (χ1) is 13.4. The third kappa shape index (κ3) is 4.34. The minimum absolute atomic E-state index is 0.307. The maximum absolute atomic E-state index is 13.6. The van der Waals surface area contributed by atoms with Crippen LogP contribution in [0, 0.1) is 5.82 Å². The predicted molar refractivity (Wildman–Crippen MR) is 108 cm³/mol. The van der Waals surface area contributed by atoms with Crippen LogP contribution in [0.4, 0.5) is 15.9 Å². The van der Waals surface area contributed by atoms with Crippen molar-refractivity contribution in [2.24, 2.45) is 0 Å². The highest BCUT2D eigenvalue weighted by molar-refractivity contribution is 6.34. The minimum Gasteiger partial charge on any atom is -0.479 e. The number of nitrogens with zero attached hydrogens (tertiary/aromatic N) is 2. The Morgan fingerprint density at radius 2 is 1.93 bits per heavy atom. The van der Waals surface area contributed by atoms with Gasteiger partial charge >= 0.3 is 5.97 Å². The van der Waals surface area contributed by atoms with Gasteiger partial charge in [-0.25, -0.2) is 14.2 Å². The van der Waals surface area contributed by atoms with Crippen LogP contribution in [0.5, 0.6) is 5.75 Å². The first-order valence-electron chi connectivity index (χ1n) is 8.82. The monoisotopic (exact) mass is 402 g/mol. The van der Waals surface area contributed by atoms with Crippen LogP contribution in [0.25, 0.3) is 10.8 Å². The normalized spacial score (nSPS) is 11.9. The van der Waals surface area contributed by atoms with E-state index in [0.29, 0.717) is 34.1 Å². The highest BCUT2D eigenvalue weighted by Gasteiger charge is 2.16. The second kappa shape index (κ2) is 8.44. The molecule has 1 aromatic heterocycles. The number of esters is 1. The zero-order valence-electron chi connectivity index (χ0n) is 15.8. The molecule has 28 heavy (non-hydrogen) atoms. The van der Waals surface area contributed by atoms with Gasteiger partial charge in [0.05, 0.1) is 6.61 Å². The molecule has 0 saturated carbocycles. The standard InChI is InChI=1S/C21H20ClFN2O3/c1-4-27-21(26)13(2)28-17-8-6-16(7-9-17)25(3)19-12-14-11-15(23)5-10-18(14)20(22)24-19/h5-13H,4H2,1-3H3. The number of rotatable bonds is 6. The number of anilines is 2. The van der Waals surface area contributed by atoms with E-state index in [1.807, 2.05) is 24.1 Å². The summed E-state index contributed by atoms with van der Waals surface area (Å²) in [6.45, 7) is 3.69. The Morgan fingerprint density at radius 3 is 2.61 bits per heavy atom. The quantitative estimate of drug-likeness (QED) is 0.423. The van der Waals surface area contributed by atoms with Crippen LogP contribution >= 0.6 is 11.6 Å². The van der Waals surface area contributed by atoms with Gasteiger partial charge in [0.1, 0.15) is 22.5 Å². The van der Waals surface area contributed by atoms with E-state index in [-0.39, 0.29) is 5.82 Å². The molecule has 3 aromatic rings. The lowest BCUT2D eigenvalue weighted by Gasteiger charge is -2.20. The topological polar surface area (TPSA) is 51.7 Å². The number of pyridine rings is 1. The fraction of sp³-hybridized carbons (Fsp3) is 0.238. The van der Waals surface area contributed by atoms with E-state index in [9.17, 15) is 9.18 Å². The molecule has 5 nitrogen and oxygen atoms in total. The van der Waals surface area contributed by atoms with Crippen molar-refractivity contribution < 1.29 is 18.7 Å². The Hall–Kier alpha value is -2.86. The first-order valence-corrected chi connectivity index (χ1v) is 9.19. The maximum Gasteiger partial charge on any atom is 0.347 e. The van der Waals surface area contributed by atoms with Crippen LogP contribution in [0.3, 0.4) is 0 Å². The molecule has 0 saturated heterocycles. The molecule has 0 amide bonds. The Morgan fingerprint density at radius 1 is 1.21 bits per heavy atom. The van der Waals surface area contributed by atoms with Gasteiger partial charge in [-0.15, -0.1) is 0 Å². The number of hydrogen-bond acceptors (Lipinski definition) is 5.